The van der Waals surface area contributed by atoms with Gasteiger partial charge < -0.3 is 15.6 Å². The summed E-state index contributed by atoms with van der Waals surface area (Å²) in [6.45, 7) is 3.19. The van der Waals surface area contributed by atoms with Crippen LogP contribution in [-0.2, 0) is 10.7 Å². The van der Waals surface area contributed by atoms with Gasteiger partial charge >= 0.3 is 0 Å². The maximum atomic E-state index is 13.7. The van der Waals surface area contributed by atoms with Crippen molar-refractivity contribution in [3.63, 3.8) is 0 Å². The van der Waals surface area contributed by atoms with E-state index >= 15 is 0 Å². The average molecular weight is 372 g/mol. The van der Waals surface area contributed by atoms with Gasteiger partial charge in [-0.3, -0.25) is 4.79 Å². The number of carbonyl (C=O) groups excluding carboxylic acids is 1. The Balaban J connectivity index is 1.92. The first kappa shape index (κ1) is 18.8. The van der Waals surface area contributed by atoms with Gasteiger partial charge in [0.2, 0.25) is 11.9 Å². The molecule has 3 aromatic rings. The first-order valence-corrected chi connectivity index (χ1v) is 8.83. The Morgan fingerprint density at radius 3 is 2.70 bits per heavy atom. The molecule has 1 heterocycles. The normalized spacial score (nSPS) is 12.7. The van der Waals surface area contributed by atoms with E-state index in [0.717, 1.165) is 18.0 Å². The van der Waals surface area contributed by atoms with Gasteiger partial charge in [0.15, 0.2) is 0 Å². The summed E-state index contributed by atoms with van der Waals surface area (Å²) in [6.07, 6.45) is 0.101. The molecule has 5 nitrogen and oxygen atoms in total. The number of benzene rings is 2. The molecule has 0 radical (unpaired) electrons. The minimum Gasteiger partial charge on any atom is -0.356 e. The van der Waals surface area contributed by atoms with Crippen molar-refractivity contribution in [2.24, 2.45) is 0 Å². The van der Waals surface area contributed by atoms with Gasteiger partial charge in [0.05, 0.1) is 23.5 Å². The molecule has 27 heavy (non-hydrogen) atoms. The highest BCUT2D eigenvalue weighted by Crippen LogP contribution is 2.30. The van der Waals surface area contributed by atoms with E-state index in [1.54, 1.807) is 12.1 Å². The predicted molar refractivity (Wildman–Crippen MR) is 102 cm³/mol. The molecule has 1 amide bonds. The number of hydrogen-bond donors (Lipinski definition) is 3. The van der Waals surface area contributed by atoms with Crippen molar-refractivity contribution in [3.8, 4) is 0 Å². The molecule has 0 spiro atoms. The summed E-state index contributed by atoms with van der Waals surface area (Å²) in [4.78, 5) is 19.7. The third-order valence-corrected chi connectivity index (χ3v) is 4.26. The molecule has 142 valence electrons. The van der Waals surface area contributed by atoms with Gasteiger partial charge in [-0.15, -0.1) is 0 Å². The molecule has 0 aliphatic rings. The van der Waals surface area contributed by atoms with Crippen LogP contribution < -0.4 is 10.6 Å². The van der Waals surface area contributed by atoms with E-state index in [9.17, 15) is 13.6 Å². The van der Waals surface area contributed by atoms with Crippen molar-refractivity contribution in [1.82, 2.24) is 15.3 Å². The zero-order chi connectivity index (χ0) is 19.4. The number of aromatic amines is 1. The Morgan fingerprint density at radius 1 is 1.22 bits per heavy atom. The smallest absolute Gasteiger partial charge is 0.270 e. The number of H-pyrrole nitrogens is 1. The second kappa shape index (κ2) is 7.73. The molecule has 0 bridgehead atoms. The highest BCUT2D eigenvalue weighted by molar-refractivity contribution is 5.79. The number of amides is 1. The summed E-state index contributed by atoms with van der Waals surface area (Å²) in [5.41, 5.74) is 2.14. The first-order valence-electron chi connectivity index (χ1n) is 8.83. The zero-order valence-electron chi connectivity index (χ0n) is 15.2. The lowest BCUT2D eigenvalue weighted by Gasteiger charge is -2.20. The predicted octanol–water partition coefficient (Wildman–Crippen LogP) is 4.35. The van der Waals surface area contributed by atoms with Crippen molar-refractivity contribution < 1.29 is 13.6 Å². The minimum absolute atomic E-state index is 0.0905. The quantitative estimate of drug-likeness (QED) is 0.577. The molecule has 0 saturated carbocycles. The number of para-hydroxylation sites is 2. The summed E-state index contributed by atoms with van der Waals surface area (Å²) in [5.74, 6) is -2.63. The van der Waals surface area contributed by atoms with Crippen molar-refractivity contribution in [2.45, 2.75) is 32.2 Å². The average Bonchev–Trinajstić information content (AvgIpc) is 3.03. The second-order valence-corrected chi connectivity index (χ2v) is 6.47. The number of nitrogens with zero attached hydrogens (tertiary/aromatic N) is 1. The van der Waals surface area contributed by atoms with Crippen LogP contribution in [0.25, 0.3) is 11.0 Å². The topological polar surface area (TPSA) is 69.8 Å². The molecular weight excluding hydrogens is 350 g/mol. The molecule has 0 saturated heterocycles. The largest absolute Gasteiger partial charge is 0.356 e. The monoisotopic (exact) mass is 372 g/mol. The van der Waals surface area contributed by atoms with Crippen molar-refractivity contribution in [2.75, 3.05) is 11.9 Å². The van der Waals surface area contributed by atoms with Gasteiger partial charge in [-0.05, 0) is 30.7 Å². The van der Waals surface area contributed by atoms with E-state index in [2.05, 4.69) is 20.6 Å². The molecule has 0 aliphatic heterocycles. The van der Waals surface area contributed by atoms with E-state index in [1.807, 2.05) is 31.2 Å². The van der Waals surface area contributed by atoms with Crippen LogP contribution in [0, 0.1) is 0 Å². The second-order valence-electron chi connectivity index (χ2n) is 6.47. The molecule has 7 heteroatoms. The maximum Gasteiger partial charge on any atom is 0.270 e. The fourth-order valence-corrected chi connectivity index (χ4v) is 2.92. The highest BCUT2D eigenvalue weighted by Gasteiger charge is 2.26. The Hall–Kier alpha value is -2.96. The molecule has 0 fully saturated rings. The summed E-state index contributed by atoms with van der Waals surface area (Å²) < 4.78 is 27.5. The van der Waals surface area contributed by atoms with Crippen LogP contribution in [-0.4, -0.2) is 22.4 Å². The zero-order valence-corrected chi connectivity index (χ0v) is 15.2. The number of anilines is 1. The number of alkyl halides is 2. The van der Waals surface area contributed by atoms with Gasteiger partial charge in [0, 0.05) is 19.0 Å². The number of hydrogen-bond acceptors (Lipinski definition) is 3. The van der Waals surface area contributed by atoms with E-state index in [1.165, 1.54) is 12.1 Å². The minimum atomic E-state index is -2.95. The van der Waals surface area contributed by atoms with Crippen LogP contribution in [0.5, 0.6) is 0 Å². The van der Waals surface area contributed by atoms with Crippen molar-refractivity contribution in [1.29, 1.82) is 0 Å². The van der Waals surface area contributed by atoms with Crippen LogP contribution in [0.15, 0.2) is 48.5 Å². The Labute approximate surface area is 156 Å². The summed E-state index contributed by atoms with van der Waals surface area (Å²) >= 11 is 0. The van der Waals surface area contributed by atoms with Crippen LogP contribution in [0.3, 0.4) is 0 Å². The number of fused-ring (bicyclic) bond motifs is 1. The molecule has 0 aliphatic carbocycles. The van der Waals surface area contributed by atoms with Gasteiger partial charge in [-0.25, -0.2) is 13.8 Å². The van der Waals surface area contributed by atoms with E-state index in [-0.39, 0.29) is 17.9 Å². The van der Waals surface area contributed by atoms with Crippen LogP contribution in [0.1, 0.15) is 37.4 Å². The molecule has 3 rings (SSSR count). The van der Waals surface area contributed by atoms with E-state index in [0.29, 0.717) is 18.1 Å². The third kappa shape index (κ3) is 4.61. The first-order chi connectivity index (χ1) is 12.9. The fraction of sp³-hybridized carbons (Fsp3) is 0.300. The highest BCUT2D eigenvalue weighted by atomic mass is 19.3. The molecule has 3 N–H and O–H groups in total. The number of halogens is 2. The lowest BCUT2D eigenvalue weighted by atomic mass is 9.99. The Kier molecular flexibility index (Phi) is 5.39. The van der Waals surface area contributed by atoms with Crippen molar-refractivity contribution >= 4 is 22.9 Å². The lowest BCUT2D eigenvalue weighted by molar-refractivity contribution is -0.121. The maximum absolute atomic E-state index is 13.7. The summed E-state index contributed by atoms with van der Waals surface area (Å²) in [5, 5.41) is 5.93. The summed E-state index contributed by atoms with van der Waals surface area (Å²) in [6, 6.07) is 13.2. The van der Waals surface area contributed by atoms with Gasteiger partial charge in [-0.1, -0.05) is 30.3 Å². The fourth-order valence-electron chi connectivity index (χ4n) is 2.92. The molecule has 2 aromatic carbocycles. The Morgan fingerprint density at radius 2 is 2.00 bits per heavy atom. The van der Waals surface area contributed by atoms with Crippen LogP contribution >= 0.6 is 0 Å². The van der Waals surface area contributed by atoms with Gasteiger partial charge in [0.1, 0.15) is 0 Å². The number of imidazole rings is 1. The van der Waals surface area contributed by atoms with Gasteiger partial charge in [0.25, 0.3) is 5.92 Å². The number of aromatic nitrogens is 2. The third-order valence-electron chi connectivity index (χ3n) is 4.26. The van der Waals surface area contributed by atoms with E-state index in [4.69, 9.17) is 0 Å². The molecule has 1 unspecified atom stereocenters. The number of nitrogens with one attached hydrogen (secondary N) is 3. The molecular formula is C20H22F2N4O. The standard InChI is InChI=1S/C20H22F2N4O/c1-3-23-18(27)12-17(13-7-6-8-14(11-13)20(2,21)22)26-19-24-15-9-4-5-10-16(15)25-19/h4-11,17H,3,12H2,1-2H3,(H,23,27)(H2,24,25,26). The lowest BCUT2D eigenvalue weighted by Crippen LogP contribution is -2.27. The van der Waals surface area contributed by atoms with Crippen molar-refractivity contribution in [3.05, 3.63) is 59.7 Å². The Bertz CT molecular complexity index is 900. The van der Waals surface area contributed by atoms with E-state index < -0.39 is 12.0 Å². The van der Waals surface area contributed by atoms with Gasteiger partial charge in [-0.2, -0.15) is 0 Å². The molecule has 1 atom stereocenters. The molecule has 1 aromatic heterocycles. The van der Waals surface area contributed by atoms with Crippen LogP contribution in [0.4, 0.5) is 14.7 Å². The SMILES string of the molecule is CCNC(=O)CC(Nc1nc2ccccc2[nH]1)c1cccc(C(C)(F)F)c1. The number of carbonyl (C=O) groups is 1. The number of rotatable bonds is 7. The summed E-state index contributed by atoms with van der Waals surface area (Å²) in [7, 11) is 0. The van der Waals surface area contributed by atoms with Crippen LogP contribution in [0.2, 0.25) is 0 Å².